The van der Waals surface area contributed by atoms with E-state index in [9.17, 15) is 30.8 Å². The number of hydrogen-bond acceptors (Lipinski definition) is 5. The van der Waals surface area contributed by atoms with Crippen molar-refractivity contribution in [1.82, 2.24) is 4.90 Å². The van der Waals surface area contributed by atoms with Gasteiger partial charge in [0.2, 0.25) is 0 Å². The second-order valence-corrected chi connectivity index (χ2v) is 10.1. The quantitative estimate of drug-likeness (QED) is 0.596. The zero-order valence-electron chi connectivity index (χ0n) is 18.3. The van der Waals surface area contributed by atoms with Crippen LogP contribution in [0.2, 0.25) is 0 Å². The van der Waals surface area contributed by atoms with Crippen LogP contribution in [0.15, 0.2) is 41.3 Å². The number of amides is 1. The van der Waals surface area contributed by atoms with Crippen molar-refractivity contribution in [3.05, 3.63) is 53.3 Å². The first-order valence-electron chi connectivity index (χ1n) is 10.2. The lowest BCUT2D eigenvalue weighted by molar-refractivity contribution is -0.137. The van der Waals surface area contributed by atoms with Crippen LogP contribution < -0.4 is 9.64 Å². The van der Waals surface area contributed by atoms with Gasteiger partial charge in [0, 0.05) is 32.4 Å². The zero-order chi connectivity index (χ0) is 24.6. The Kier molecular flexibility index (Phi) is 6.92. The minimum absolute atomic E-state index is 0.0209. The van der Waals surface area contributed by atoms with E-state index >= 15 is 0 Å². The maximum Gasteiger partial charge on any atom is 0.416 e. The highest BCUT2D eigenvalue weighted by Gasteiger charge is 2.32. The van der Waals surface area contributed by atoms with Crippen molar-refractivity contribution >= 4 is 21.4 Å². The first kappa shape index (κ1) is 24.8. The van der Waals surface area contributed by atoms with Gasteiger partial charge in [0.15, 0.2) is 9.84 Å². The molecule has 1 fully saturated rings. The molecule has 0 atom stereocenters. The molecule has 1 heterocycles. The van der Waals surface area contributed by atoms with Gasteiger partial charge in [-0.1, -0.05) is 0 Å². The SMILES string of the molecule is CC(C)Oc1ccc(S(C)(=O)=O)cc1C(=O)N1CCN(c2ccc(C(F)(F)F)cc2F)CC1. The molecule has 0 unspecified atom stereocenters. The molecule has 0 bridgehead atoms. The molecular weight excluding hydrogens is 464 g/mol. The predicted octanol–water partition coefficient (Wildman–Crippen LogP) is 4.00. The van der Waals surface area contributed by atoms with Crippen molar-refractivity contribution in [2.75, 3.05) is 37.3 Å². The maximum absolute atomic E-state index is 14.3. The molecule has 0 aliphatic carbocycles. The zero-order valence-corrected chi connectivity index (χ0v) is 19.1. The molecule has 0 aromatic heterocycles. The van der Waals surface area contributed by atoms with E-state index in [0.717, 1.165) is 18.4 Å². The van der Waals surface area contributed by atoms with Crippen molar-refractivity contribution in [2.24, 2.45) is 0 Å². The van der Waals surface area contributed by atoms with E-state index in [1.165, 1.54) is 23.1 Å². The van der Waals surface area contributed by atoms with Gasteiger partial charge in [-0.15, -0.1) is 0 Å². The summed E-state index contributed by atoms with van der Waals surface area (Å²) in [7, 11) is -3.55. The Morgan fingerprint density at radius 3 is 2.18 bits per heavy atom. The molecule has 2 aromatic rings. The van der Waals surface area contributed by atoms with Gasteiger partial charge >= 0.3 is 6.18 Å². The fourth-order valence-electron chi connectivity index (χ4n) is 3.52. The molecule has 1 amide bonds. The summed E-state index contributed by atoms with van der Waals surface area (Å²) in [6, 6.07) is 6.45. The third kappa shape index (κ3) is 5.76. The average molecular weight is 489 g/mol. The third-order valence-corrected chi connectivity index (χ3v) is 6.27. The van der Waals surface area contributed by atoms with Crippen LogP contribution in [-0.2, 0) is 16.0 Å². The van der Waals surface area contributed by atoms with E-state index in [-0.39, 0.29) is 54.2 Å². The van der Waals surface area contributed by atoms with Crippen LogP contribution in [-0.4, -0.2) is 57.8 Å². The normalized spacial score (nSPS) is 15.2. The Hall–Kier alpha value is -2.82. The minimum Gasteiger partial charge on any atom is -0.490 e. The lowest BCUT2D eigenvalue weighted by atomic mass is 10.1. The fraction of sp³-hybridized carbons (Fsp3) is 0.409. The van der Waals surface area contributed by atoms with Gasteiger partial charge < -0.3 is 14.5 Å². The lowest BCUT2D eigenvalue weighted by Crippen LogP contribution is -2.49. The van der Waals surface area contributed by atoms with Crippen LogP contribution >= 0.6 is 0 Å². The van der Waals surface area contributed by atoms with E-state index in [0.29, 0.717) is 6.07 Å². The highest BCUT2D eigenvalue weighted by Crippen LogP contribution is 2.33. The van der Waals surface area contributed by atoms with Crippen LogP contribution in [0, 0.1) is 5.82 Å². The number of sulfone groups is 1. The van der Waals surface area contributed by atoms with Crippen LogP contribution in [0.3, 0.4) is 0 Å². The van der Waals surface area contributed by atoms with E-state index in [1.54, 1.807) is 18.7 Å². The number of halogens is 4. The number of hydrogen-bond donors (Lipinski definition) is 0. The van der Waals surface area contributed by atoms with Crippen molar-refractivity contribution < 1.29 is 35.5 Å². The molecule has 0 radical (unpaired) electrons. The van der Waals surface area contributed by atoms with Crippen molar-refractivity contribution in [1.29, 1.82) is 0 Å². The molecule has 1 aliphatic rings. The number of carbonyl (C=O) groups excluding carboxylic acids is 1. The number of carbonyl (C=O) groups is 1. The molecule has 2 aromatic carbocycles. The maximum atomic E-state index is 14.3. The molecule has 33 heavy (non-hydrogen) atoms. The highest BCUT2D eigenvalue weighted by atomic mass is 32.2. The van der Waals surface area contributed by atoms with Gasteiger partial charge in [0.1, 0.15) is 11.6 Å². The molecule has 11 heteroatoms. The van der Waals surface area contributed by atoms with Crippen LogP contribution in [0.1, 0.15) is 29.8 Å². The fourth-order valence-corrected chi connectivity index (χ4v) is 4.17. The average Bonchev–Trinajstić information content (AvgIpc) is 2.72. The van der Waals surface area contributed by atoms with Crippen molar-refractivity contribution in [2.45, 2.75) is 31.0 Å². The van der Waals surface area contributed by atoms with Gasteiger partial charge in [-0.25, -0.2) is 12.8 Å². The summed E-state index contributed by atoms with van der Waals surface area (Å²) in [6.45, 7) is 4.28. The van der Waals surface area contributed by atoms with Gasteiger partial charge in [-0.2, -0.15) is 13.2 Å². The van der Waals surface area contributed by atoms with Crippen LogP contribution in [0.25, 0.3) is 0 Å². The van der Waals surface area contributed by atoms with Crippen LogP contribution in [0.5, 0.6) is 5.75 Å². The Morgan fingerprint density at radius 1 is 1.03 bits per heavy atom. The summed E-state index contributed by atoms with van der Waals surface area (Å²) >= 11 is 0. The van der Waals surface area contributed by atoms with Gasteiger partial charge in [0.05, 0.1) is 27.8 Å². The van der Waals surface area contributed by atoms with E-state index in [4.69, 9.17) is 4.74 Å². The van der Waals surface area contributed by atoms with E-state index in [1.807, 2.05) is 0 Å². The number of nitrogens with zero attached hydrogens (tertiary/aromatic N) is 2. The summed E-state index contributed by atoms with van der Waals surface area (Å²) in [5, 5.41) is 0. The summed E-state index contributed by atoms with van der Waals surface area (Å²) in [6.07, 6.45) is -3.85. The Morgan fingerprint density at radius 2 is 1.67 bits per heavy atom. The molecular formula is C22H24F4N2O4S. The molecule has 1 aliphatic heterocycles. The highest BCUT2D eigenvalue weighted by molar-refractivity contribution is 7.90. The second kappa shape index (κ2) is 9.20. The molecule has 1 saturated heterocycles. The van der Waals surface area contributed by atoms with Gasteiger partial charge in [0.25, 0.3) is 5.91 Å². The molecule has 3 rings (SSSR count). The summed E-state index contributed by atoms with van der Waals surface area (Å²) in [5.74, 6) is -1.18. The lowest BCUT2D eigenvalue weighted by Gasteiger charge is -2.36. The number of benzene rings is 2. The topological polar surface area (TPSA) is 66.9 Å². The van der Waals surface area contributed by atoms with E-state index in [2.05, 4.69) is 0 Å². The van der Waals surface area contributed by atoms with Gasteiger partial charge in [-0.3, -0.25) is 4.79 Å². The second-order valence-electron chi connectivity index (χ2n) is 8.04. The minimum atomic E-state index is -4.64. The number of ether oxygens (including phenoxy) is 1. The number of anilines is 1. The first-order valence-corrected chi connectivity index (χ1v) is 12.1. The smallest absolute Gasteiger partial charge is 0.416 e. The molecule has 0 spiro atoms. The predicted molar refractivity (Wildman–Crippen MR) is 115 cm³/mol. The Labute approximate surface area is 189 Å². The number of alkyl halides is 3. The Balaban J connectivity index is 1.79. The summed E-state index contributed by atoms with van der Waals surface area (Å²) in [4.78, 5) is 16.2. The molecule has 180 valence electrons. The monoisotopic (exact) mass is 488 g/mol. The summed E-state index contributed by atoms with van der Waals surface area (Å²) in [5.41, 5.74) is -0.945. The molecule has 6 nitrogen and oxygen atoms in total. The molecule has 0 saturated carbocycles. The van der Waals surface area contributed by atoms with Crippen molar-refractivity contribution in [3.63, 3.8) is 0 Å². The van der Waals surface area contributed by atoms with Crippen LogP contribution in [0.4, 0.5) is 23.2 Å². The van der Waals surface area contributed by atoms with Gasteiger partial charge in [-0.05, 0) is 50.2 Å². The Bertz CT molecular complexity index is 1140. The largest absolute Gasteiger partial charge is 0.490 e. The third-order valence-electron chi connectivity index (χ3n) is 5.15. The van der Waals surface area contributed by atoms with E-state index < -0.39 is 33.3 Å². The molecule has 0 N–H and O–H groups in total. The standard InChI is InChI=1S/C22H24F4N2O4S/c1-14(2)32-20-7-5-16(33(3,30)31)13-17(20)21(29)28-10-8-27(9-11-28)19-6-4-15(12-18(19)23)22(24,25)26/h4-7,12-14H,8-11H2,1-3H3. The first-order chi connectivity index (χ1) is 15.3. The number of rotatable bonds is 5. The summed E-state index contributed by atoms with van der Waals surface area (Å²) < 4.78 is 82.3. The van der Waals surface area contributed by atoms with Crippen molar-refractivity contribution in [3.8, 4) is 5.75 Å². The number of piperazine rings is 1.